The topological polar surface area (TPSA) is 631 Å². The summed E-state index contributed by atoms with van der Waals surface area (Å²) < 4.78 is 0. The second-order valence-corrected chi connectivity index (χ2v) is 32.5. The number of hydrogen-bond acceptors (Lipinski definition) is 19. The first-order valence-corrected chi connectivity index (χ1v) is 40.5. The Morgan fingerprint density at radius 1 is 0.496 bits per heavy atom. The fraction of sp³-hybridized carbons (Fsp3) is 0.753. The van der Waals surface area contributed by atoms with E-state index in [1.807, 2.05) is 26.0 Å². The van der Waals surface area contributed by atoms with Gasteiger partial charge in [-0.15, -0.1) is 0 Å². The highest BCUT2D eigenvalue weighted by Crippen LogP contribution is 2.22. The zero-order valence-corrected chi connectivity index (χ0v) is 70.6. The highest BCUT2D eigenvalue weighted by Gasteiger charge is 2.43. The number of unbranched alkanes of at least 4 members (excludes halogenated alkanes) is 2. The van der Waals surface area contributed by atoms with Crippen molar-refractivity contribution in [2.24, 2.45) is 85.6 Å². The second kappa shape index (κ2) is 53.4. The maximum Gasteiger partial charge on any atom is 0.246 e. The molecule has 1 rings (SSSR count). The molecule has 0 saturated carbocycles. The Morgan fingerprint density at radius 3 is 1.45 bits per heavy atom. The number of carbonyl (C=O) groups is 15. The van der Waals surface area contributed by atoms with Gasteiger partial charge >= 0.3 is 0 Å². The summed E-state index contributed by atoms with van der Waals surface area (Å²) in [6.07, 6.45) is 7.31. The minimum absolute atomic E-state index is 0.00586. The van der Waals surface area contributed by atoms with E-state index < -0.39 is 185 Å². The van der Waals surface area contributed by atoms with E-state index in [4.69, 9.17) is 40.1 Å². The molecule has 38 nitrogen and oxygen atoms in total. The van der Waals surface area contributed by atoms with Crippen LogP contribution >= 0.6 is 0 Å². The molecule has 38 heteroatoms. The summed E-state index contributed by atoms with van der Waals surface area (Å²) in [7, 11) is 0. The Hall–Kier alpha value is -9.75. The van der Waals surface area contributed by atoms with E-state index in [2.05, 4.69) is 84.4 Å². The van der Waals surface area contributed by atoms with Crippen LogP contribution in [0, 0.1) is 35.5 Å². The smallest absolute Gasteiger partial charge is 0.246 e. The van der Waals surface area contributed by atoms with E-state index in [0.717, 1.165) is 0 Å². The predicted octanol–water partition coefficient (Wildman–Crippen LogP) is -2.30. The number of nitrogens with zero attached hydrogens (tertiary/aromatic N) is 2. The number of rotatable bonds is 45. The molecule has 0 bridgehead atoms. The first-order chi connectivity index (χ1) is 53.8. The Labute approximate surface area is 678 Å². The van der Waals surface area contributed by atoms with Crippen molar-refractivity contribution < 1.29 is 71.9 Å². The third-order valence-corrected chi connectivity index (χ3v) is 19.1. The number of hydrogen-bond donors (Lipinski definition) is 21. The van der Waals surface area contributed by atoms with Crippen LogP contribution in [0.1, 0.15) is 226 Å². The number of amides is 15. The maximum absolute atomic E-state index is 15.2. The second-order valence-electron chi connectivity index (χ2n) is 32.5. The number of primary amides is 1. The molecule has 28 N–H and O–H groups in total. The van der Waals surface area contributed by atoms with Gasteiger partial charge in [-0.2, -0.15) is 0 Å². The summed E-state index contributed by atoms with van der Waals surface area (Å²) in [6, 6.07) is -12.4. The molecule has 0 aliphatic carbocycles. The van der Waals surface area contributed by atoms with E-state index in [1.165, 1.54) is 20.8 Å². The predicted molar refractivity (Wildman–Crippen MR) is 439 cm³/mol. The zero-order valence-electron chi connectivity index (χ0n) is 70.6. The first kappa shape index (κ1) is 103. The lowest BCUT2D eigenvalue weighted by atomic mass is 9.91. The minimum Gasteiger partial charge on any atom is -0.370 e. The van der Waals surface area contributed by atoms with Gasteiger partial charge in [0.1, 0.15) is 71.5 Å². The lowest BCUT2D eigenvalue weighted by Gasteiger charge is -2.34. The molecule has 0 aromatic rings. The van der Waals surface area contributed by atoms with Crippen LogP contribution < -0.4 is 115 Å². The summed E-state index contributed by atoms with van der Waals surface area (Å²) in [5, 5.41) is 37.9. The van der Waals surface area contributed by atoms with Gasteiger partial charge < -0.3 is 115 Å². The highest BCUT2D eigenvalue weighted by atomic mass is 16.2. The van der Waals surface area contributed by atoms with Crippen LogP contribution in [0.25, 0.3) is 0 Å². The molecule has 1 heterocycles. The molecule has 0 fully saturated rings. The van der Waals surface area contributed by atoms with Crippen molar-refractivity contribution in [1.29, 1.82) is 0 Å². The van der Waals surface area contributed by atoms with Crippen LogP contribution in [0.5, 0.6) is 0 Å². The number of allylic oxidation sites excluding steroid dienone is 2. The van der Waals surface area contributed by atoms with Crippen molar-refractivity contribution >= 4 is 101 Å². The van der Waals surface area contributed by atoms with Gasteiger partial charge in [0.2, 0.25) is 88.6 Å². The van der Waals surface area contributed by atoms with E-state index in [-0.39, 0.29) is 139 Å². The van der Waals surface area contributed by atoms with Gasteiger partial charge in [0.15, 0.2) is 11.9 Å². The van der Waals surface area contributed by atoms with Crippen LogP contribution in [0.2, 0.25) is 0 Å². The van der Waals surface area contributed by atoms with Gasteiger partial charge in [0, 0.05) is 20.0 Å². The molecule has 0 aromatic heterocycles. The van der Waals surface area contributed by atoms with E-state index in [9.17, 15) is 67.1 Å². The van der Waals surface area contributed by atoms with E-state index >= 15 is 4.79 Å². The quantitative estimate of drug-likeness (QED) is 0.0132. The number of carbonyl (C=O) groups excluding carboxylic acids is 15. The highest BCUT2D eigenvalue weighted by molar-refractivity contribution is 6.01. The Balaban J connectivity index is 3.86. The number of nitrogens with two attached hydrogens (primary N) is 7. The van der Waals surface area contributed by atoms with Gasteiger partial charge in [-0.25, -0.2) is 0 Å². The number of aliphatic imine (C=N–C) groups is 2. The SMILES string of the molecule is CC(=O)N[C@@H](CCCCN)C(=O)N[C@H](C(=O)N[C@@]1(C)CCC/C=C\CCC[C@@](C)(C(=O)N[C@@H](CCCCN)C(=O)N[C@H](C(=O)N[C@@H](CC(C)C)C(=O)NCC(=O)N[C@@H](CCCN=C(N)N)C(=O)N[C@@H](CC(C)C)C(=O)N[C@H](C(N)=O)C(C)C)C(C)C)NC(=O)[C@H](CC(C)C)NC(=O)[C@H](CCCN=C(N)N)NC(=O)CNC1=O)C(C)C. The zero-order chi connectivity index (χ0) is 87.5. The molecule has 12 atom stereocenters. The van der Waals surface area contributed by atoms with Crippen LogP contribution in [-0.4, -0.2) is 211 Å². The molecule has 654 valence electrons. The van der Waals surface area contributed by atoms with Crippen LogP contribution in [-0.2, 0) is 71.9 Å². The fourth-order valence-electron chi connectivity index (χ4n) is 12.6. The van der Waals surface area contributed by atoms with Crippen molar-refractivity contribution in [3.05, 3.63) is 12.2 Å². The Morgan fingerprint density at radius 2 is 0.957 bits per heavy atom. The average molecular weight is 1630 g/mol. The van der Waals surface area contributed by atoms with Crippen molar-refractivity contribution in [1.82, 2.24) is 74.4 Å². The van der Waals surface area contributed by atoms with E-state index in [1.54, 1.807) is 69.2 Å². The van der Waals surface area contributed by atoms with Crippen molar-refractivity contribution in [2.75, 3.05) is 39.3 Å². The lowest BCUT2D eigenvalue weighted by Crippen LogP contribution is -2.64. The standard InChI is InChI=1S/C77H141N23O15/c1-43(2)38-54(63(105)87-41-57(102)90-51(30-26-36-85-74(81)82)64(106)92-55(39-44(3)4)68(110)96-59(46(7)8)62(80)104)94-70(112)60(47(9)10)97-67(109)53(29-21-25-35-79)95-73(115)77(15)33-23-19-17-16-18-22-32-76(14,100-71(113)61(48(11)12)98-66(108)50(89-49(13)101)28-20-24-34-78)72(114)88-42-58(103)91-52(31-27-37-86-75(83)84)65(107)93-56(40-45(5)6)69(111)99-77/h16-17,43-48,50-56,59-61H,18-42,78-79H2,1-15H3,(H2,80,104)(H,87,105)(H,88,114)(H,89,101)(H,90,102)(H,91,103)(H,92,106)(H,93,107)(H,94,112)(H,95,115)(H,96,110)(H,97,109)(H,98,108)(H,99,111)(H,100,113)(H4,81,82,85)(H4,83,84,86)/b17-16-/t50-,51-,52-,53-,54-,55-,56-,59-,60-,61-,76-,77-/m0/s1. The third-order valence-electron chi connectivity index (χ3n) is 19.1. The molecule has 0 spiro atoms. The summed E-state index contributed by atoms with van der Waals surface area (Å²) in [5.74, 6) is -13.9. The van der Waals surface area contributed by atoms with Crippen molar-refractivity contribution in [3.8, 4) is 0 Å². The average Bonchev–Trinajstić information content (AvgIpc) is 0.950. The third kappa shape index (κ3) is 40.9. The number of nitrogens with one attached hydrogen (secondary N) is 14. The van der Waals surface area contributed by atoms with Gasteiger partial charge in [-0.05, 0) is 184 Å². The summed E-state index contributed by atoms with van der Waals surface area (Å²) in [6.45, 7) is 24.4. The fourth-order valence-corrected chi connectivity index (χ4v) is 12.6. The van der Waals surface area contributed by atoms with E-state index in [0.29, 0.717) is 45.1 Å². The van der Waals surface area contributed by atoms with Gasteiger partial charge in [-0.1, -0.05) is 95.2 Å². The largest absolute Gasteiger partial charge is 0.370 e. The van der Waals surface area contributed by atoms with Gasteiger partial charge in [0.25, 0.3) is 0 Å². The summed E-state index contributed by atoms with van der Waals surface area (Å²) in [5.41, 5.74) is 35.9. The van der Waals surface area contributed by atoms with Crippen LogP contribution in [0.3, 0.4) is 0 Å². The van der Waals surface area contributed by atoms with Crippen molar-refractivity contribution in [2.45, 2.75) is 297 Å². The molecule has 0 radical (unpaired) electrons. The van der Waals surface area contributed by atoms with Crippen LogP contribution in [0.4, 0.5) is 0 Å². The summed E-state index contributed by atoms with van der Waals surface area (Å²) >= 11 is 0. The molecule has 1 aliphatic rings. The molecule has 0 unspecified atom stereocenters. The molecule has 0 saturated heterocycles. The molecular formula is C77H141N23O15. The van der Waals surface area contributed by atoms with Crippen molar-refractivity contribution in [3.63, 3.8) is 0 Å². The van der Waals surface area contributed by atoms with Gasteiger partial charge in [0.05, 0.1) is 13.1 Å². The molecule has 0 aromatic carbocycles. The molecule has 15 amide bonds. The maximum atomic E-state index is 15.2. The summed E-state index contributed by atoms with van der Waals surface area (Å²) in [4.78, 5) is 218. The normalized spacial score (nSPS) is 19.7. The Kier molecular flexibility index (Phi) is 48.0. The first-order valence-electron chi connectivity index (χ1n) is 40.5. The lowest BCUT2D eigenvalue weighted by molar-refractivity contribution is -0.138. The van der Waals surface area contributed by atoms with Crippen LogP contribution in [0.15, 0.2) is 22.1 Å². The molecular weight excluding hydrogens is 1490 g/mol. The Bertz CT molecular complexity index is 3290. The monoisotopic (exact) mass is 1630 g/mol. The molecule has 115 heavy (non-hydrogen) atoms. The molecule has 1 aliphatic heterocycles. The minimum atomic E-state index is -1.83. The number of guanidine groups is 2. The van der Waals surface area contributed by atoms with Gasteiger partial charge in [-0.3, -0.25) is 81.9 Å².